The van der Waals surface area contributed by atoms with Crippen molar-refractivity contribution in [3.05, 3.63) is 11.4 Å². The van der Waals surface area contributed by atoms with E-state index in [1.165, 1.54) is 4.68 Å². The van der Waals surface area contributed by atoms with E-state index in [0.29, 0.717) is 5.92 Å². The molecule has 0 aliphatic heterocycles. The smallest absolute Gasteiger partial charge is 0.325 e. The van der Waals surface area contributed by atoms with Crippen molar-refractivity contribution in [2.75, 3.05) is 0 Å². The Bertz CT molecular complexity index is 431. The molecule has 0 spiro atoms. The summed E-state index contributed by atoms with van der Waals surface area (Å²) in [6, 6.07) is 0. The molecule has 1 atom stereocenters. The van der Waals surface area contributed by atoms with Gasteiger partial charge < -0.3 is 5.11 Å². The number of hydrogen-bond donors (Lipinski definition) is 1. The summed E-state index contributed by atoms with van der Waals surface area (Å²) in [5.41, 5.74) is 2.26. The second-order valence-corrected chi connectivity index (χ2v) is 5.84. The number of carboxylic acids is 1. The van der Waals surface area contributed by atoms with E-state index in [0.717, 1.165) is 30.7 Å². The maximum Gasteiger partial charge on any atom is 0.325 e. The van der Waals surface area contributed by atoms with Gasteiger partial charge in [-0.2, -0.15) is 0 Å². The Balaban J connectivity index is 2.18. The molecular formula is C12H19N3O2. The molecule has 1 aliphatic rings. The molecule has 2 rings (SSSR count). The van der Waals surface area contributed by atoms with E-state index in [9.17, 15) is 4.79 Å². The predicted molar refractivity (Wildman–Crippen MR) is 62.6 cm³/mol. The number of fused-ring (bicyclic) bond motifs is 1. The van der Waals surface area contributed by atoms with Gasteiger partial charge in [0.25, 0.3) is 0 Å². The largest absolute Gasteiger partial charge is 0.480 e. The van der Waals surface area contributed by atoms with Crippen molar-refractivity contribution >= 4 is 5.97 Å². The van der Waals surface area contributed by atoms with Crippen LogP contribution in [0.4, 0.5) is 0 Å². The van der Waals surface area contributed by atoms with Crippen LogP contribution in [0.2, 0.25) is 0 Å². The molecule has 1 aromatic rings. The van der Waals surface area contributed by atoms with Crippen LogP contribution in [0.5, 0.6) is 0 Å². The van der Waals surface area contributed by atoms with Gasteiger partial charge in [-0.15, -0.1) is 5.10 Å². The highest BCUT2D eigenvalue weighted by molar-refractivity contribution is 5.66. The van der Waals surface area contributed by atoms with Gasteiger partial charge in [0.15, 0.2) is 0 Å². The molecule has 0 fully saturated rings. The quantitative estimate of drug-likeness (QED) is 0.846. The van der Waals surface area contributed by atoms with Gasteiger partial charge in [-0.05, 0) is 30.6 Å². The Labute approximate surface area is 101 Å². The molecule has 1 aromatic heterocycles. The monoisotopic (exact) mass is 237 g/mol. The van der Waals surface area contributed by atoms with Crippen molar-refractivity contribution in [3.63, 3.8) is 0 Å². The van der Waals surface area contributed by atoms with Gasteiger partial charge in [0.05, 0.1) is 11.4 Å². The lowest BCUT2D eigenvalue weighted by Crippen LogP contribution is -2.28. The van der Waals surface area contributed by atoms with E-state index in [4.69, 9.17) is 5.11 Å². The van der Waals surface area contributed by atoms with Gasteiger partial charge in [0.2, 0.25) is 0 Å². The van der Waals surface area contributed by atoms with E-state index < -0.39 is 5.97 Å². The first kappa shape index (κ1) is 12.1. The Morgan fingerprint density at radius 1 is 1.53 bits per heavy atom. The molecule has 0 radical (unpaired) electrons. The summed E-state index contributed by atoms with van der Waals surface area (Å²) in [4.78, 5) is 10.7. The van der Waals surface area contributed by atoms with Crippen molar-refractivity contribution in [1.29, 1.82) is 0 Å². The lowest BCUT2D eigenvalue weighted by Gasteiger charge is -2.33. The topological polar surface area (TPSA) is 68.0 Å². The van der Waals surface area contributed by atoms with Crippen LogP contribution in [-0.4, -0.2) is 26.1 Å². The van der Waals surface area contributed by atoms with Crippen molar-refractivity contribution in [2.45, 2.75) is 46.6 Å². The fourth-order valence-electron chi connectivity index (χ4n) is 2.44. The second kappa shape index (κ2) is 4.13. The third-order valence-corrected chi connectivity index (χ3v) is 3.60. The summed E-state index contributed by atoms with van der Waals surface area (Å²) in [6.07, 6.45) is 2.89. The van der Waals surface area contributed by atoms with Crippen LogP contribution in [0, 0.1) is 11.3 Å². The van der Waals surface area contributed by atoms with E-state index in [-0.39, 0.29) is 12.0 Å². The number of carbonyl (C=O) groups is 1. The summed E-state index contributed by atoms with van der Waals surface area (Å²) in [6.45, 7) is 6.64. The third kappa shape index (κ3) is 2.48. The molecule has 0 bridgehead atoms. The molecule has 5 heteroatoms. The van der Waals surface area contributed by atoms with Crippen molar-refractivity contribution in [1.82, 2.24) is 15.0 Å². The highest BCUT2D eigenvalue weighted by atomic mass is 16.4. The minimum absolute atomic E-state index is 0.0808. The maximum absolute atomic E-state index is 10.7. The minimum Gasteiger partial charge on any atom is -0.480 e. The summed E-state index contributed by atoms with van der Waals surface area (Å²) in [5, 5.41) is 16.8. The zero-order valence-electron chi connectivity index (χ0n) is 10.6. The maximum atomic E-state index is 10.7. The van der Waals surface area contributed by atoms with E-state index in [2.05, 4.69) is 31.1 Å². The normalized spacial score (nSPS) is 20.1. The number of nitrogens with zero attached hydrogens (tertiary/aromatic N) is 3. The summed E-state index contributed by atoms with van der Waals surface area (Å²) >= 11 is 0. The van der Waals surface area contributed by atoms with E-state index >= 15 is 0 Å². The summed E-state index contributed by atoms with van der Waals surface area (Å²) in [7, 11) is 0. The van der Waals surface area contributed by atoms with Gasteiger partial charge in [-0.25, -0.2) is 4.68 Å². The van der Waals surface area contributed by atoms with Gasteiger partial charge in [0.1, 0.15) is 6.54 Å². The van der Waals surface area contributed by atoms with Crippen LogP contribution in [0.1, 0.15) is 38.6 Å². The molecule has 94 valence electrons. The predicted octanol–water partition coefficient (Wildman–Crippen LogP) is 1.51. The first-order valence-electron chi connectivity index (χ1n) is 6.01. The fraction of sp³-hybridized carbons (Fsp3) is 0.750. The highest BCUT2D eigenvalue weighted by Gasteiger charge is 2.31. The Hall–Kier alpha value is -1.39. The molecule has 1 heterocycles. The second-order valence-electron chi connectivity index (χ2n) is 5.84. The average molecular weight is 237 g/mol. The molecule has 0 amide bonds. The first-order valence-corrected chi connectivity index (χ1v) is 6.01. The highest BCUT2D eigenvalue weighted by Crippen LogP contribution is 2.36. The molecule has 1 unspecified atom stereocenters. The molecule has 5 nitrogen and oxygen atoms in total. The van der Waals surface area contributed by atoms with Crippen molar-refractivity contribution in [3.8, 4) is 0 Å². The van der Waals surface area contributed by atoms with Crippen molar-refractivity contribution in [2.24, 2.45) is 11.3 Å². The Morgan fingerprint density at radius 3 is 2.82 bits per heavy atom. The lowest BCUT2D eigenvalue weighted by atomic mass is 9.73. The third-order valence-electron chi connectivity index (χ3n) is 3.60. The van der Waals surface area contributed by atoms with Crippen LogP contribution in [0.25, 0.3) is 0 Å². The minimum atomic E-state index is -0.865. The first-order chi connectivity index (χ1) is 7.88. The number of hydrogen-bond acceptors (Lipinski definition) is 3. The lowest BCUT2D eigenvalue weighted by molar-refractivity contribution is -0.138. The average Bonchev–Trinajstić information content (AvgIpc) is 2.59. The fourth-order valence-corrected chi connectivity index (χ4v) is 2.44. The van der Waals surface area contributed by atoms with Gasteiger partial charge >= 0.3 is 5.97 Å². The molecular weight excluding hydrogens is 218 g/mol. The zero-order valence-corrected chi connectivity index (χ0v) is 10.6. The van der Waals surface area contributed by atoms with E-state index in [1.807, 2.05) is 0 Å². The summed E-state index contributed by atoms with van der Waals surface area (Å²) < 4.78 is 1.52. The Morgan fingerprint density at radius 2 is 2.24 bits per heavy atom. The molecule has 0 saturated heterocycles. The number of carboxylic acid groups (broad SMARTS) is 1. The van der Waals surface area contributed by atoms with Crippen LogP contribution < -0.4 is 0 Å². The summed E-state index contributed by atoms with van der Waals surface area (Å²) in [5.74, 6) is -0.263. The molecule has 0 saturated carbocycles. The molecule has 17 heavy (non-hydrogen) atoms. The van der Waals surface area contributed by atoms with Crippen LogP contribution in [-0.2, 0) is 24.2 Å². The van der Waals surface area contributed by atoms with Gasteiger partial charge in [0, 0.05) is 0 Å². The Kier molecular flexibility index (Phi) is 2.93. The van der Waals surface area contributed by atoms with Crippen LogP contribution >= 0.6 is 0 Å². The van der Waals surface area contributed by atoms with Crippen LogP contribution in [0.15, 0.2) is 0 Å². The standard InChI is InChI=1S/C12H19N3O2/c1-12(2,3)8-4-5-10-9(6-8)13-14-15(10)7-11(16)17/h8H,4-7H2,1-3H3,(H,16,17). The number of aliphatic carboxylic acids is 1. The van der Waals surface area contributed by atoms with Gasteiger partial charge in [-0.1, -0.05) is 26.0 Å². The zero-order chi connectivity index (χ0) is 12.6. The van der Waals surface area contributed by atoms with Gasteiger partial charge in [-0.3, -0.25) is 4.79 Å². The van der Waals surface area contributed by atoms with Crippen molar-refractivity contribution < 1.29 is 9.90 Å². The SMILES string of the molecule is CC(C)(C)C1CCc2c(nnn2CC(=O)O)C1. The molecule has 0 aromatic carbocycles. The number of rotatable bonds is 2. The molecule has 1 aliphatic carbocycles. The number of aromatic nitrogens is 3. The van der Waals surface area contributed by atoms with Crippen LogP contribution in [0.3, 0.4) is 0 Å². The molecule has 1 N–H and O–H groups in total. The van der Waals surface area contributed by atoms with E-state index in [1.54, 1.807) is 0 Å².